The highest BCUT2D eigenvalue weighted by Gasteiger charge is 2.16. The number of ketones is 1. The van der Waals surface area contributed by atoms with E-state index in [1.165, 1.54) is 24.3 Å². The van der Waals surface area contributed by atoms with Crippen LogP contribution in [0.25, 0.3) is 17.4 Å². The molecular weight excluding hydrogens is 368 g/mol. The normalized spacial score (nSPS) is 11.0. The maximum atomic E-state index is 12.5. The van der Waals surface area contributed by atoms with Crippen molar-refractivity contribution in [3.63, 3.8) is 0 Å². The molecule has 0 saturated carbocycles. The lowest BCUT2D eigenvalue weighted by atomic mass is 10.0. The quantitative estimate of drug-likeness (QED) is 0.197. The SMILES string of the molecule is N#C/C(=C\c1ccc(-c2ccc(Cl)cc2)o1)C(=O)c1cccc([N+](=O)[O-])c1. The van der Waals surface area contributed by atoms with Gasteiger partial charge in [-0.1, -0.05) is 23.7 Å². The molecule has 3 aromatic rings. The van der Waals surface area contributed by atoms with Crippen LogP contribution in [0.5, 0.6) is 0 Å². The number of nitriles is 1. The molecule has 0 N–H and O–H groups in total. The molecule has 0 fully saturated rings. The van der Waals surface area contributed by atoms with Crippen LogP contribution >= 0.6 is 11.6 Å². The van der Waals surface area contributed by atoms with Crippen molar-refractivity contribution in [3.05, 3.63) is 92.7 Å². The second-order valence-corrected chi connectivity index (χ2v) is 5.95. The van der Waals surface area contributed by atoms with Gasteiger partial charge < -0.3 is 4.42 Å². The summed E-state index contributed by atoms with van der Waals surface area (Å²) in [5.41, 5.74) is 0.442. The van der Waals surface area contributed by atoms with Gasteiger partial charge in [0.05, 0.1) is 4.92 Å². The average Bonchev–Trinajstić information content (AvgIpc) is 3.15. The molecule has 6 nitrogen and oxygen atoms in total. The third kappa shape index (κ3) is 4.11. The van der Waals surface area contributed by atoms with Crippen molar-refractivity contribution in [2.24, 2.45) is 0 Å². The summed E-state index contributed by atoms with van der Waals surface area (Å²) in [6.07, 6.45) is 1.31. The Labute approximate surface area is 159 Å². The summed E-state index contributed by atoms with van der Waals surface area (Å²) in [6, 6.07) is 17.4. The summed E-state index contributed by atoms with van der Waals surface area (Å²) in [4.78, 5) is 22.8. The Morgan fingerprint density at radius 2 is 1.89 bits per heavy atom. The number of nitro groups is 1. The van der Waals surface area contributed by atoms with E-state index in [4.69, 9.17) is 16.0 Å². The Bertz CT molecular complexity index is 1090. The van der Waals surface area contributed by atoms with Crippen molar-refractivity contribution in [1.82, 2.24) is 0 Å². The van der Waals surface area contributed by atoms with E-state index in [1.807, 2.05) is 6.07 Å². The zero-order valence-electron chi connectivity index (χ0n) is 13.8. The number of hydrogen-bond acceptors (Lipinski definition) is 5. The van der Waals surface area contributed by atoms with Gasteiger partial charge in [0.2, 0.25) is 5.78 Å². The predicted octanol–water partition coefficient (Wildman–Crippen LogP) is 5.30. The molecule has 7 heteroatoms. The molecule has 0 unspecified atom stereocenters. The summed E-state index contributed by atoms with van der Waals surface area (Å²) in [6.45, 7) is 0. The van der Waals surface area contributed by atoms with Crippen LogP contribution in [0, 0.1) is 21.4 Å². The first kappa shape index (κ1) is 18.1. The molecule has 1 heterocycles. The van der Waals surface area contributed by atoms with Crippen LogP contribution in [0.15, 0.2) is 70.7 Å². The van der Waals surface area contributed by atoms with Crippen molar-refractivity contribution < 1.29 is 14.1 Å². The zero-order chi connectivity index (χ0) is 19.4. The van der Waals surface area contributed by atoms with Crippen LogP contribution < -0.4 is 0 Å². The van der Waals surface area contributed by atoms with Crippen molar-refractivity contribution >= 4 is 29.1 Å². The zero-order valence-corrected chi connectivity index (χ0v) is 14.5. The summed E-state index contributed by atoms with van der Waals surface area (Å²) >= 11 is 5.86. The van der Waals surface area contributed by atoms with E-state index in [0.717, 1.165) is 11.6 Å². The van der Waals surface area contributed by atoms with Gasteiger partial charge in [-0.25, -0.2) is 0 Å². The minimum Gasteiger partial charge on any atom is -0.457 e. The van der Waals surface area contributed by atoms with E-state index in [0.29, 0.717) is 16.5 Å². The molecule has 0 saturated heterocycles. The fraction of sp³-hybridized carbons (Fsp3) is 0. The molecule has 0 radical (unpaired) electrons. The van der Waals surface area contributed by atoms with Crippen LogP contribution in [0.4, 0.5) is 5.69 Å². The van der Waals surface area contributed by atoms with Crippen molar-refractivity contribution in [1.29, 1.82) is 5.26 Å². The van der Waals surface area contributed by atoms with Gasteiger partial charge in [-0.15, -0.1) is 0 Å². The molecule has 0 aliphatic heterocycles. The number of allylic oxidation sites excluding steroid dienone is 1. The molecule has 3 rings (SSSR count). The number of furan rings is 1. The van der Waals surface area contributed by atoms with Gasteiger partial charge in [0, 0.05) is 34.4 Å². The number of nitrogens with zero attached hydrogens (tertiary/aromatic N) is 2. The van der Waals surface area contributed by atoms with Crippen LogP contribution in [-0.2, 0) is 0 Å². The standard InChI is InChI=1S/C20H11ClN2O4/c21-16-6-4-13(5-7-16)19-9-8-18(27-19)11-15(12-22)20(24)14-2-1-3-17(10-14)23(25)26/h1-11H/b15-11+. The van der Waals surface area contributed by atoms with Crippen LogP contribution in [0.1, 0.15) is 16.1 Å². The van der Waals surface area contributed by atoms with Crippen LogP contribution in [0.3, 0.4) is 0 Å². The van der Waals surface area contributed by atoms with Gasteiger partial charge in [0.15, 0.2) is 0 Å². The van der Waals surface area contributed by atoms with E-state index in [1.54, 1.807) is 36.4 Å². The topological polar surface area (TPSA) is 97.1 Å². The fourth-order valence-electron chi connectivity index (χ4n) is 2.41. The Hall–Kier alpha value is -3.69. The number of hydrogen-bond donors (Lipinski definition) is 0. The van der Waals surface area contributed by atoms with Gasteiger partial charge in [-0.3, -0.25) is 14.9 Å². The third-order valence-corrected chi connectivity index (χ3v) is 3.98. The Morgan fingerprint density at radius 3 is 2.56 bits per heavy atom. The first-order valence-electron chi connectivity index (χ1n) is 7.74. The molecule has 0 aliphatic carbocycles. The Morgan fingerprint density at radius 1 is 1.15 bits per heavy atom. The lowest BCUT2D eigenvalue weighted by molar-refractivity contribution is -0.384. The molecule has 27 heavy (non-hydrogen) atoms. The van der Waals surface area contributed by atoms with E-state index >= 15 is 0 Å². The molecule has 0 bridgehead atoms. The summed E-state index contributed by atoms with van der Waals surface area (Å²) in [5, 5.41) is 20.8. The Balaban J connectivity index is 1.90. The minimum atomic E-state index is -0.620. The molecular formula is C20H11ClN2O4. The molecule has 0 amide bonds. The molecule has 0 spiro atoms. The summed E-state index contributed by atoms with van der Waals surface area (Å²) in [5.74, 6) is 0.249. The van der Waals surface area contributed by atoms with Gasteiger partial charge in [0.25, 0.3) is 5.69 Å². The second kappa shape index (κ2) is 7.68. The fourth-order valence-corrected chi connectivity index (χ4v) is 2.53. The molecule has 132 valence electrons. The van der Waals surface area contributed by atoms with E-state index in [9.17, 15) is 20.2 Å². The van der Waals surface area contributed by atoms with E-state index in [-0.39, 0.29) is 16.8 Å². The van der Waals surface area contributed by atoms with Gasteiger partial charge >= 0.3 is 0 Å². The number of Topliss-reactive ketones (excluding diaryl/α,β-unsaturated/α-hetero) is 1. The monoisotopic (exact) mass is 378 g/mol. The minimum absolute atomic E-state index is 0.0569. The number of carbonyl (C=O) groups is 1. The second-order valence-electron chi connectivity index (χ2n) is 5.52. The maximum Gasteiger partial charge on any atom is 0.270 e. The number of rotatable bonds is 5. The van der Waals surface area contributed by atoms with Crippen molar-refractivity contribution in [2.75, 3.05) is 0 Å². The highest BCUT2D eigenvalue weighted by Crippen LogP contribution is 2.25. The number of carbonyl (C=O) groups excluding carboxylic acids is 1. The van der Waals surface area contributed by atoms with Gasteiger partial charge in [-0.2, -0.15) is 5.26 Å². The number of halogens is 1. The lowest BCUT2D eigenvalue weighted by Crippen LogP contribution is -2.02. The van der Waals surface area contributed by atoms with Gasteiger partial charge in [-0.05, 0) is 36.4 Å². The number of nitro benzene ring substituents is 1. The third-order valence-electron chi connectivity index (χ3n) is 3.73. The first-order valence-corrected chi connectivity index (χ1v) is 8.12. The largest absolute Gasteiger partial charge is 0.457 e. The number of non-ortho nitro benzene ring substituents is 1. The van der Waals surface area contributed by atoms with Gasteiger partial charge in [0.1, 0.15) is 23.2 Å². The summed E-state index contributed by atoms with van der Waals surface area (Å²) < 4.78 is 5.66. The highest BCUT2D eigenvalue weighted by atomic mass is 35.5. The molecule has 2 aromatic carbocycles. The smallest absolute Gasteiger partial charge is 0.270 e. The summed E-state index contributed by atoms with van der Waals surface area (Å²) in [7, 11) is 0. The molecule has 1 aromatic heterocycles. The van der Waals surface area contributed by atoms with Crippen LogP contribution in [-0.4, -0.2) is 10.7 Å². The molecule has 0 atom stereocenters. The average molecular weight is 379 g/mol. The van der Waals surface area contributed by atoms with E-state index < -0.39 is 10.7 Å². The molecule has 0 aliphatic rings. The van der Waals surface area contributed by atoms with Crippen molar-refractivity contribution in [2.45, 2.75) is 0 Å². The first-order chi connectivity index (χ1) is 13.0. The van der Waals surface area contributed by atoms with Crippen molar-refractivity contribution in [3.8, 4) is 17.4 Å². The van der Waals surface area contributed by atoms with Crippen LogP contribution in [0.2, 0.25) is 5.02 Å². The number of benzene rings is 2. The maximum absolute atomic E-state index is 12.5. The Kier molecular flexibility index (Phi) is 5.15. The highest BCUT2D eigenvalue weighted by molar-refractivity contribution is 6.30. The predicted molar refractivity (Wildman–Crippen MR) is 100 cm³/mol. The lowest BCUT2D eigenvalue weighted by Gasteiger charge is -1.99. The van der Waals surface area contributed by atoms with E-state index in [2.05, 4.69) is 0 Å².